The van der Waals surface area contributed by atoms with Gasteiger partial charge in [-0.2, -0.15) is 0 Å². The zero-order valence-electron chi connectivity index (χ0n) is 12.1. The Bertz CT molecular complexity index is 652. The van der Waals surface area contributed by atoms with Crippen molar-refractivity contribution in [2.24, 2.45) is 0 Å². The Morgan fingerprint density at radius 2 is 1.71 bits per heavy atom. The zero-order chi connectivity index (χ0) is 15.1. The van der Waals surface area contributed by atoms with Crippen molar-refractivity contribution in [2.45, 2.75) is 24.7 Å². The normalized spacial score (nSPS) is 11.3. The summed E-state index contributed by atoms with van der Waals surface area (Å²) in [6, 6.07) is 10.9. The van der Waals surface area contributed by atoms with E-state index in [2.05, 4.69) is 10.3 Å². The third kappa shape index (κ3) is 4.56. The number of hydrogen-bond acceptors (Lipinski definition) is 4. The third-order valence-electron chi connectivity index (χ3n) is 3.18. The van der Waals surface area contributed by atoms with Crippen molar-refractivity contribution in [3.63, 3.8) is 0 Å². The van der Waals surface area contributed by atoms with Crippen molar-refractivity contribution in [1.82, 2.24) is 4.98 Å². The number of rotatable bonds is 7. The van der Waals surface area contributed by atoms with Crippen molar-refractivity contribution >= 4 is 15.5 Å². The monoisotopic (exact) mass is 304 g/mol. The Kier molecular flexibility index (Phi) is 5.33. The van der Waals surface area contributed by atoms with Crippen molar-refractivity contribution in [3.05, 3.63) is 54.4 Å². The van der Waals surface area contributed by atoms with Gasteiger partial charge in [-0.05, 0) is 54.8 Å². The molecule has 0 spiro atoms. The molecule has 0 radical (unpaired) electrons. The Morgan fingerprint density at radius 1 is 1.05 bits per heavy atom. The van der Waals surface area contributed by atoms with E-state index in [-0.39, 0.29) is 5.75 Å². The molecular weight excluding hydrogens is 284 g/mol. The molecule has 2 aromatic rings. The van der Waals surface area contributed by atoms with E-state index in [9.17, 15) is 8.42 Å². The Morgan fingerprint density at radius 3 is 2.33 bits per heavy atom. The maximum absolute atomic E-state index is 11.9. The molecule has 4 nitrogen and oxygen atoms in total. The molecule has 0 fully saturated rings. The van der Waals surface area contributed by atoms with E-state index in [1.807, 2.05) is 31.2 Å². The molecule has 0 atom stereocenters. The van der Waals surface area contributed by atoms with Gasteiger partial charge in [-0.25, -0.2) is 8.42 Å². The smallest absolute Gasteiger partial charge is 0.178 e. The topological polar surface area (TPSA) is 59.1 Å². The summed E-state index contributed by atoms with van der Waals surface area (Å²) in [5, 5.41) is 3.29. The minimum absolute atomic E-state index is 0.196. The van der Waals surface area contributed by atoms with Gasteiger partial charge in [0.05, 0.1) is 10.6 Å². The van der Waals surface area contributed by atoms with Crippen LogP contribution in [-0.4, -0.2) is 25.7 Å². The molecule has 0 aliphatic heterocycles. The molecule has 1 aromatic heterocycles. The van der Waals surface area contributed by atoms with Crippen molar-refractivity contribution in [1.29, 1.82) is 0 Å². The minimum Gasteiger partial charge on any atom is -0.385 e. The van der Waals surface area contributed by atoms with Crippen LogP contribution in [0.5, 0.6) is 0 Å². The van der Waals surface area contributed by atoms with Crippen LogP contribution in [0.15, 0.2) is 53.7 Å². The van der Waals surface area contributed by atoms with Crippen LogP contribution in [0.2, 0.25) is 0 Å². The van der Waals surface area contributed by atoms with Gasteiger partial charge in [0.15, 0.2) is 9.84 Å². The zero-order valence-corrected chi connectivity index (χ0v) is 12.9. The third-order valence-corrected chi connectivity index (χ3v) is 5.11. The highest BCUT2D eigenvalue weighted by molar-refractivity contribution is 7.91. The van der Waals surface area contributed by atoms with Crippen LogP contribution in [-0.2, 0) is 16.3 Å². The first-order chi connectivity index (χ1) is 10.1. The molecule has 0 saturated heterocycles. The molecule has 112 valence electrons. The maximum Gasteiger partial charge on any atom is 0.178 e. The highest BCUT2D eigenvalue weighted by Crippen LogP contribution is 2.16. The number of aromatic nitrogens is 1. The first kappa shape index (κ1) is 15.5. The highest BCUT2D eigenvalue weighted by Gasteiger charge is 2.12. The fourth-order valence-electron chi connectivity index (χ4n) is 2.07. The van der Waals surface area contributed by atoms with E-state index in [0.717, 1.165) is 18.7 Å². The molecule has 1 N–H and O–H groups in total. The molecule has 21 heavy (non-hydrogen) atoms. The quantitative estimate of drug-likeness (QED) is 0.854. The molecule has 2 rings (SSSR count). The second-order valence-corrected chi connectivity index (χ2v) is 6.98. The Hall–Kier alpha value is -1.88. The summed E-state index contributed by atoms with van der Waals surface area (Å²) < 4.78 is 23.8. The lowest BCUT2D eigenvalue weighted by atomic mass is 10.2. The van der Waals surface area contributed by atoms with Crippen LogP contribution in [0.3, 0.4) is 0 Å². The second kappa shape index (κ2) is 7.22. The standard InChI is InChI=1S/C16H20N2O2S/c1-2-13-21(19,20)16-5-3-15(4-6-16)18-12-9-14-7-10-17-11-8-14/h3-8,10-11,18H,2,9,12-13H2,1H3. The highest BCUT2D eigenvalue weighted by atomic mass is 32.2. The van der Waals surface area contributed by atoms with Crippen LogP contribution >= 0.6 is 0 Å². The Labute approximate surface area is 126 Å². The first-order valence-electron chi connectivity index (χ1n) is 7.07. The van der Waals surface area contributed by atoms with Crippen molar-refractivity contribution in [3.8, 4) is 0 Å². The van der Waals surface area contributed by atoms with E-state index in [1.54, 1.807) is 24.5 Å². The summed E-state index contributed by atoms with van der Waals surface area (Å²) in [5.41, 5.74) is 2.15. The molecule has 0 amide bonds. The van der Waals surface area contributed by atoms with Gasteiger partial charge < -0.3 is 5.32 Å². The molecular formula is C16H20N2O2S. The summed E-state index contributed by atoms with van der Waals surface area (Å²) in [4.78, 5) is 4.37. The number of nitrogens with zero attached hydrogens (tertiary/aromatic N) is 1. The fourth-order valence-corrected chi connectivity index (χ4v) is 3.39. The van der Waals surface area contributed by atoms with E-state index in [0.29, 0.717) is 11.3 Å². The molecule has 5 heteroatoms. The summed E-state index contributed by atoms with van der Waals surface area (Å²) in [5.74, 6) is 0.196. The van der Waals surface area contributed by atoms with Gasteiger partial charge in [0, 0.05) is 24.6 Å². The minimum atomic E-state index is -3.13. The number of hydrogen-bond donors (Lipinski definition) is 1. The SMILES string of the molecule is CCCS(=O)(=O)c1ccc(NCCc2ccncc2)cc1. The molecule has 0 aliphatic rings. The maximum atomic E-state index is 11.9. The van der Waals surface area contributed by atoms with Crippen LogP contribution in [0.1, 0.15) is 18.9 Å². The number of nitrogens with one attached hydrogen (secondary N) is 1. The van der Waals surface area contributed by atoms with Gasteiger partial charge in [0.2, 0.25) is 0 Å². The van der Waals surface area contributed by atoms with E-state index >= 15 is 0 Å². The molecule has 1 heterocycles. The largest absolute Gasteiger partial charge is 0.385 e. The number of sulfone groups is 1. The van der Waals surface area contributed by atoms with Crippen molar-refractivity contribution < 1.29 is 8.42 Å². The Balaban J connectivity index is 1.91. The molecule has 0 bridgehead atoms. The lowest BCUT2D eigenvalue weighted by Gasteiger charge is -2.08. The average molecular weight is 304 g/mol. The fraction of sp³-hybridized carbons (Fsp3) is 0.312. The van der Waals surface area contributed by atoms with E-state index in [4.69, 9.17) is 0 Å². The molecule has 0 saturated carbocycles. The van der Waals surface area contributed by atoms with Crippen LogP contribution in [0.4, 0.5) is 5.69 Å². The summed E-state index contributed by atoms with van der Waals surface area (Å²) in [7, 11) is -3.13. The summed E-state index contributed by atoms with van der Waals surface area (Å²) >= 11 is 0. The van der Waals surface area contributed by atoms with Crippen LogP contribution in [0.25, 0.3) is 0 Å². The number of benzene rings is 1. The predicted octanol–water partition coefficient (Wildman–Crippen LogP) is 2.92. The van der Waals surface area contributed by atoms with Crippen LogP contribution in [0, 0.1) is 0 Å². The lowest BCUT2D eigenvalue weighted by Crippen LogP contribution is -2.07. The number of anilines is 1. The lowest BCUT2D eigenvalue weighted by molar-refractivity contribution is 0.595. The molecule has 0 aliphatic carbocycles. The van der Waals surface area contributed by atoms with Crippen molar-refractivity contribution in [2.75, 3.05) is 17.6 Å². The van der Waals surface area contributed by atoms with Gasteiger partial charge in [0.1, 0.15) is 0 Å². The molecule has 1 aromatic carbocycles. The van der Waals surface area contributed by atoms with Crippen LogP contribution < -0.4 is 5.32 Å². The summed E-state index contributed by atoms with van der Waals surface area (Å²) in [6.45, 7) is 2.66. The number of pyridine rings is 1. The van der Waals surface area contributed by atoms with Gasteiger partial charge in [-0.1, -0.05) is 6.92 Å². The second-order valence-electron chi connectivity index (χ2n) is 4.88. The van der Waals surface area contributed by atoms with Gasteiger partial charge >= 0.3 is 0 Å². The van der Waals surface area contributed by atoms with Gasteiger partial charge in [-0.3, -0.25) is 4.98 Å². The van der Waals surface area contributed by atoms with E-state index in [1.165, 1.54) is 5.56 Å². The van der Waals surface area contributed by atoms with Gasteiger partial charge in [0.25, 0.3) is 0 Å². The van der Waals surface area contributed by atoms with E-state index < -0.39 is 9.84 Å². The predicted molar refractivity (Wildman–Crippen MR) is 85.2 cm³/mol. The van der Waals surface area contributed by atoms with Gasteiger partial charge in [-0.15, -0.1) is 0 Å². The molecule has 0 unspecified atom stereocenters. The summed E-state index contributed by atoms with van der Waals surface area (Å²) in [6.07, 6.45) is 5.10. The first-order valence-corrected chi connectivity index (χ1v) is 8.72. The average Bonchev–Trinajstić information content (AvgIpc) is 2.49.